The molecule has 1 aliphatic carbocycles. The molecule has 4 aromatic rings. The number of thiophene rings is 1. The Kier molecular flexibility index (Phi) is 4.17. The van der Waals surface area contributed by atoms with Crippen molar-refractivity contribution in [3.05, 3.63) is 81.2 Å². The Morgan fingerprint density at radius 2 is 1.71 bits per heavy atom. The molecule has 0 radical (unpaired) electrons. The SMILES string of the molecule is O=[N+]([O-])c1cccc(-c2cc(-c3ccccc3)c3c4c(sc3n2)CCCC4)c1. The van der Waals surface area contributed by atoms with E-state index in [9.17, 15) is 10.1 Å². The van der Waals surface area contributed by atoms with Crippen molar-refractivity contribution in [3.63, 3.8) is 0 Å². The summed E-state index contributed by atoms with van der Waals surface area (Å²) < 4.78 is 0. The first-order valence-corrected chi connectivity index (χ1v) is 10.3. The van der Waals surface area contributed by atoms with Crippen LogP contribution < -0.4 is 0 Å². The Morgan fingerprint density at radius 3 is 2.54 bits per heavy atom. The second-order valence-corrected chi connectivity index (χ2v) is 8.20. The molecular weight excluding hydrogens is 368 g/mol. The fourth-order valence-electron chi connectivity index (χ4n) is 4.03. The molecule has 0 fully saturated rings. The van der Waals surface area contributed by atoms with Gasteiger partial charge in [0.2, 0.25) is 0 Å². The minimum absolute atomic E-state index is 0.0890. The van der Waals surface area contributed by atoms with Crippen LogP contribution in [0.1, 0.15) is 23.3 Å². The third-order valence-corrected chi connectivity index (χ3v) is 6.55. The van der Waals surface area contributed by atoms with Crippen molar-refractivity contribution in [3.8, 4) is 22.4 Å². The summed E-state index contributed by atoms with van der Waals surface area (Å²) in [7, 11) is 0. The number of nitro groups is 1. The molecule has 4 nitrogen and oxygen atoms in total. The van der Waals surface area contributed by atoms with Gasteiger partial charge < -0.3 is 0 Å². The molecule has 0 unspecified atom stereocenters. The van der Waals surface area contributed by atoms with Crippen LogP contribution in [0.2, 0.25) is 0 Å². The number of nitro benzene ring substituents is 1. The lowest BCUT2D eigenvalue weighted by Crippen LogP contribution is -1.99. The van der Waals surface area contributed by atoms with E-state index in [1.807, 2.05) is 24.3 Å². The van der Waals surface area contributed by atoms with Gasteiger partial charge in [-0.1, -0.05) is 42.5 Å². The molecule has 2 aromatic heterocycles. The van der Waals surface area contributed by atoms with Gasteiger partial charge in [0.1, 0.15) is 4.83 Å². The van der Waals surface area contributed by atoms with Crippen molar-refractivity contribution in [2.45, 2.75) is 25.7 Å². The average Bonchev–Trinajstić information content (AvgIpc) is 3.12. The van der Waals surface area contributed by atoms with E-state index >= 15 is 0 Å². The Labute approximate surface area is 166 Å². The van der Waals surface area contributed by atoms with Gasteiger partial charge in [-0.3, -0.25) is 10.1 Å². The van der Waals surface area contributed by atoms with Gasteiger partial charge in [0.15, 0.2) is 0 Å². The van der Waals surface area contributed by atoms with Crippen LogP contribution >= 0.6 is 11.3 Å². The summed E-state index contributed by atoms with van der Waals surface area (Å²) in [5.41, 5.74) is 5.43. The lowest BCUT2D eigenvalue weighted by atomic mass is 9.92. The van der Waals surface area contributed by atoms with Gasteiger partial charge in [-0.2, -0.15) is 0 Å². The van der Waals surface area contributed by atoms with Crippen LogP contribution in [0.5, 0.6) is 0 Å². The molecule has 0 spiro atoms. The number of non-ortho nitro benzene ring substituents is 1. The van der Waals surface area contributed by atoms with Crippen molar-refractivity contribution in [1.29, 1.82) is 0 Å². The number of nitrogens with zero attached hydrogens (tertiary/aromatic N) is 2. The second-order valence-electron chi connectivity index (χ2n) is 7.12. The summed E-state index contributed by atoms with van der Waals surface area (Å²) in [5.74, 6) is 0. The largest absolute Gasteiger partial charge is 0.270 e. The van der Waals surface area contributed by atoms with Gasteiger partial charge in [0.05, 0.1) is 10.6 Å². The molecule has 0 saturated heterocycles. The highest BCUT2D eigenvalue weighted by Gasteiger charge is 2.21. The molecule has 2 aromatic carbocycles. The quantitative estimate of drug-likeness (QED) is 0.302. The molecule has 138 valence electrons. The van der Waals surface area contributed by atoms with Gasteiger partial charge in [0.25, 0.3) is 5.69 Å². The van der Waals surface area contributed by atoms with Gasteiger partial charge in [-0.15, -0.1) is 11.3 Å². The summed E-state index contributed by atoms with van der Waals surface area (Å²) in [5, 5.41) is 12.5. The van der Waals surface area contributed by atoms with Crippen LogP contribution in [0.3, 0.4) is 0 Å². The molecular formula is C23H18N2O2S. The number of benzene rings is 2. The van der Waals surface area contributed by atoms with Crippen molar-refractivity contribution in [1.82, 2.24) is 4.98 Å². The molecule has 0 aliphatic heterocycles. The molecule has 2 heterocycles. The zero-order valence-electron chi connectivity index (χ0n) is 15.2. The van der Waals surface area contributed by atoms with E-state index in [1.165, 1.54) is 40.3 Å². The summed E-state index contributed by atoms with van der Waals surface area (Å²) >= 11 is 1.78. The fraction of sp³-hybridized carbons (Fsp3) is 0.174. The molecule has 1 aliphatic rings. The lowest BCUT2D eigenvalue weighted by Gasteiger charge is -2.13. The van der Waals surface area contributed by atoms with E-state index in [0.29, 0.717) is 0 Å². The summed E-state index contributed by atoms with van der Waals surface area (Å²) in [6.45, 7) is 0. The van der Waals surface area contributed by atoms with Crippen LogP contribution in [0.25, 0.3) is 32.6 Å². The first-order valence-electron chi connectivity index (χ1n) is 9.46. The Bertz CT molecular complexity index is 1200. The predicted molar refractivity (Wildman–Crippen MR) is 114 cm³/mol. The second kappa shape index (κ2) is 6.84. The molecule has 28 heavy (non-hydrogen) atoms. The number of fused-ring (bicyclic) bond motifs is 3. The minimum atomic E-state index is -0.357. The van der Waals surface area contributed by atoms with Crippen LogP contribution in [0.4, 0.5) is 5.69 Å². The van der Waals surface area contributed by atoms with Crippen LogP contribution in [-0.2, 0) is 12.8 Å². The van der Waals surface area contributed by atoms with E-state index in [1.54, 1.807) is 23.5 Å². The monoisotopic (exact) mass is 386 g/mol. The molecule has 0 saturated carbocycles. The van der Waals surface area contributed by atoms with E-state index < -0.39 is 0 Å². The fourth-order valence-corrected chi connectivity index (χ4v) is 5.32. The van der Waals surface area contributed by atoms with Crippen LogP contribution in [0, 0.1) is 10.1 Å². The van der Waals surface area contributed by atoms with Crippen LogP contribution in [-0.4, -0.2) is 9.91 Å². The Morgan fingerprint density at radius 1 is 0.929 bits per heavy atom. The minimum Gasteiger partial charge on any atom is -0.258 e. The molecule has 0 atom stereocenters. The maximum atomic E-state index is 11.2. The smallest absolute Gasteiger partial charge is 0.258 e. The zero-order valence-corrected chi connectivity index (χ0v) is 16.0. The molecule has 5 heteroatoms. The van der Waals surface area contributed by atoms with Crippen molar-refractivity contribution >= 4 is 27.2 Å². The highest BCUT2D eigenvalue weighted by Crippen LogP contribution is 2.42. The Hall–Kier alpha value is -3.05. The third kappa shape index (κ3) is 2.88. The number of aryl methyl sites for hydroxylation is 2. The maximum absolute atomic E-state index is 11.2. The number of hydrogen-bond donors (Lipinski definition) is 0. The van der Waals surface area contributed by atoms with Gasteiger partial charge in [-0.05, 0) is 48.4 Å². The highest BCUT2D eigenvalue weighted by molar-refractivity contribution is 7.19. The third-order valence-electron chi connectivity index (χ3n) is 5.36. The Balaban J connectivity index is 1.78. The van der Waals surface area contributed by atoms with E-state index in [2.05, 4.69) is 18.2 Å². The van der Waals surface area contributed by atoms with Gasteiger partial charge in [0, 0.05) is 28.0 Å². The average molecular weight is 386 g/mol. The number of aromatic nitrogens is 1. The van der Waals surface area contributed by atoms with E-state index in [4.69, 9.17) is 4.98 Å². The number of pyridine rings is 1. The van der Waals surface area contributed by atoms with Gasteiger partial charge >= 0.3 is 0 Å². The molecule has 0 bridgehead atoms. The normalized spacial score (nSPS) is 13.4. The highest BCUT2D eigenvalue weighted by atomic mass is 32.1. The zero-order chi connectivity index (χ0) is 19.1. The standard InChI is InChI=1S/C23H18N2O2S/c26-25(27)17-10-6-9-16(13-17)20-14-19(15-7-2-1-3-8-15)22-18-11-4-5-12-21(18)28-23(22)24-20/h1-3,6-10,13-14H,4-5,11-12H2. The summed E-state index contributed by atoms with van der Waals surface area (Å²) in [6, 6.07) is 19.2. The van der Waals surface area contributed by atoms with Crippen molar-refractivity contribution in [2.24, 2.45) is 0 Å². The van der Waals surface area contributed by atoms with Crippen molar-refractivity contribution < 1.29 is 4.92 Å². The van der Waals surface area contributed by atoms with Crippen molar-refractivity contribution in [2.75, 3.05) is 0 Å². The van der Waals surface area contributed by atoms with E-state index in [-0.39, 0.29) is 10.6 Å². The topological polar surface area (TPSA) is 56.0 Å². The van der Waals surface area contributed by atoms with Crippen LogP contribution in [0.15, 0.2) is 60.7 Å². The van der Waals surface area contributed by atoms with Gasteiger partial charge in [-0.25, -0.2) is 4.98 Å². The summed E-state index contributed by atoms with van der Waals surface area (Å²) in [4.78, 5) is 18.3. The number of rotatable bonds is 3. The lowest BCUT2D eigenvalue weighted by molar-refractivity contribution is -0.384. The molecule has 0 amide bonds. The number of hydrogen-bond acceptors (Lipinski definition) is 4. The summed E-state index contributed by atoms with van der Waals surface area (Å²) in [6.07, 6.45) is 4.68. The molecule has 0 N–H and O–H groups in total. The maximum Gasteiger partial charge on any atom is 0.270 e. The molecule has 5 rings (SSSR count). The predicted octanol–water partition coefficient (Wildman–Crippen LogP) is 6.42. The van der Waals surface area contributed by atoms with E-state index in [0.717, 1.165) is 34.5 Å². The first-order chi connectivity index (χ1) is 13.7. The first kappa shape index (κ1) is 17.1.